The van der Waals surface area contributed by atoms with Crippen LogP contribution < -0.4 is 0 Å². The summed E-state index contributed by atoms with van der Waals surface area (Å²) in [4.78, 5) is 0. The molecular formula is C28H60O4. The first-order chi connectivity index (χ1) is 15.7. The number of unbranched alkanes of at least 4 members (excludes halogenated alkanes) is 20. The quantitative estimate of drug-likeness (QED) is 0.108. The number of aliphatic hydroxyl groups is 4. The van der Waals surface area contributed by atoms with Gasteiger partial charge in [-0.05, 0) is 19.3 Å². The summed E-state index contributed by atoms with van der Waals surface area (Å²) in [7, 11) is 0. The van der Waals surface area contributed by atoms with Crippen LogP contribution in [0.25, 0.3) is 0 Å². The fourth-order valence-electron chi connectivity index (χ4n) is 3.95. The van der Waals surface area contributed by atoms with E-state index in [1.54, 1.807) is 0 Å². The van der Waals surface area contributed by atoms with Gasteiger partial charge in [-0.2, -0.15) is 0 Å². The Balaban J connectivity index is 0. The molecule has 4 nitrogen and oxygen atoms in total. The van der Waals surface area contributed by atoms with E-state index in [-0.39, 0.29) is 6.61 Å². The van der Waals surface area contributed by atoms with Crippen LogP contribution >= 0.6 is 0 Å². The highest BCUT2D eigenvalue weighted by Gasteiger charge is 2.00. The van der Waals surface area contributed by atoms with Gasteiger partial charge in [0.15, 0.2) is 0 Å². The summed E-state index contributed by atoms with van der Waals surface area (Å²) in [5, 5.41) is 35.0. The molecule has 0 aliphatic carbocycles. The van der Waals surface area contributed by atoms with Crippen LogP contribution in [0, 0.1) is 0 Å². The van der Waals surface area contributed by atoms with E-state index in [9.17, 15) is 0 Å². The van der Waals surface area contributed by atoms with Gasteiger partial charge in [0.05, 0.1) is 12.7 Å². The third-order valence-corrected chi connectivity index (χ3v) is 6.17. The fourth-order valence-corrected chi connectivity index (χ4v) is 3.95. The van der Waals surface area contributed by atoms with Gasteiger partial charge in [0.2, 0.25) is 0 Å². The zero-order valence-electron chi connectivity index (χ0n) is 21.8. The van der Waals surface area contributed by atoms with Gasteiger partial charge in [0, 0.05) is 13.2 Å². The molecule has 0 saturated carbocycles. The van der Waals surface area contributed by atoms with Gasteiger partial charge < -0.3 is 20.4 Å². The Kier molecular flexibility index (Phi) is 35.1. The van der Waals surface area contributed by atoms with Crippen LogP contribution in [0.4, 0.5) is 0 Å². The molecule has 0 bridgehead atoms. The van der Waals surface area contributed by atoms with Gasteiger partial charge in [-0.1, -0.05) is 135 Å². The lowest BCUT2D eigenvalue weighted by Gasteiger charge is -2.06. The SMILES string of the molecule is CCCCCCCCCCCCC(O)CO.OCCCCCCCCCCCCCCO. The molecule has 0 aromatic rings. The molecule has 32 heavy (non-hydrogen) atoms. The van der Waals surface area contributed by atoms with Crippen LogP contribution in [-0.4, -0.2) is 46.4 Å². The summed E-state index contributed by atoms with van der Waals surface area (Å²) in [6.07, 6.45) is 28.5. The Hall–Kier alpha value is -0.160. The molecule has 0 aliphatic rings. The maximum Gasteiger partial charge on any atom is 0.0770 e. The largest absolute Gasteiger partial charge is 0.396 e. The molecule has 0 radical (unpaired) electrons. The highest BCUT2D eigenvalue weighted by atomic mass is 16.3. The highest BCUT2D eigenvalue weighted by molar-refractivity contribution is 4.54. The maximum absolute atomic E-state index is 9.13. The lowest BCUT2D eigenvalue weighted by molar-refractivity contribution is 0.0860. The first-order valence-electron chi connectivity index (χ1n) is 14.2. The van der Waals surface area contributed by atoms with Gasteiger partial charge in [-0.15, -0.1) is 0 Å². The molecule has 0 amide bonds. The Bertz CT molecular complexity index is 285. The lowest BCUT2D eigenvalue weighted by atomic mass is 10.0. The molecular weight excluding hydrogens is 400 g/mol. The van der Waals surface area contributed by atoms with Crippen molar-refractivity contribution in [2.45, 2.75) is 161 Å². The third-order valence-electron chi connectivity index (χ3n) is 6.17. The minimum absolute atomic E-state index is 0.0859. The second-order valence-electron chi connectivity index (χ2n) is 9.50. The standard InChI is InChI=1S/2C14H30O2/c1-2-3-4-5-6-7-8-9-10-11-12-14(16)13-15;15-13-11-9-7-5-3-1-2-4-6-8-10-12-14-16/h14-16H,2-13H2,1H3;15-16H,1-14H2. The van der Waals surface area contributed by atoms with Crippen molar-refractivity contribution in [3.8, 4) is 0 Å². The van der Waals surface area contributed by atoms with Crippen molar-refractivity contribution < 1.29 is 20.4 Å². The smallest absolute Gasteiger partial charge is 0.0770 e. The minimum Gasteiger partial charge on any atom is -0.396 e. The van der Waals surface area contributed by atoms with Crippen molar-refractivity contribution in [2.24, 2.45) is 0 Å². The summed E-state index contributed by atoms with van der Waals surface area (Å²) < 4.78 is 0. The van der Waals surface area contributed by atoms with Crippen molar-refractivity contribution >= 4 is 0 Å². The molecule has 4 heteroatoms. The van der Waals surface area contributed by atoms with Crippen LogP contribution in [0.2, 0.25) is 0 Å². The zero-order chi connectivity index (χ0) is 24.0. The van der Waals surface area contributed by atoms with Crippen molar-refractivity contribution in [1.29, 1.82) is 0 Å². The molecule has 0 aromatic carbocycles. The van der Waals surface area contributed by atoms with E-state index in [1.807, 2.05) is 0 Å². The van der Waals surface area contributed by atoms with Gasteiger partial charge in [-0.3, -0.25) is 0 Å². The monoisotopic (exact) mass is 460 g/mol. The van der Waals surface area contributed by atoms with E-state index >= 15 is 0 Å². The summed E-state index contributed by atoms with van der Waals surface area (Å²) in [5.74, 6) is 0. The van der Waals surface area contributed by atoms with Gasteiger partial charge in [0.1, 0.15) is 0 Å². The Morgan fingerprint density at radius 2 is 0.688 bits per heavy atom. The minimum atomic E-state index is -0.492. The predicted molar refractivity (Wildman–Crippen MR) is 139 cm³/mol. The fraction of sp³-hybridized carbons (Fsp3) is 1.00. The molecule has 4 N–H and O–H groups in total. The average molecular weight is 461 g/mol. The van der Waals surface area contributed by atoms with Crippen LogP contribution in [0.3, 0.4) is 0 Å². The van der Waals surface area contributed by atoms with Gasteiger partial charge in [-0.25, -0.2) is 0 Å². The summed E-state index contributed by atoms with van der Waals surface area (Å²) >= 11 is 0. The topological polar surface area (TPSA) is 80.9 Å². The molecule has 0 saturated heterocycles. The number of rotatable bonds is 25. The normalized spacial score (nSPS) is 11.9. The molecule has 1 atom stereocenters. The number of aliphatic hydroxyl groups excluding tert-OH is 4. The predicted octanol–water partition coefficient (Wildman–Crippen LogP) is 7.30. The van der Waals surface area contributed by atoms with Crippen molar-refractivity contribution in [3.63, 3.8) is 0 Å². The molecule has 196 valence electrons. The zero-order valence-corrected chi connectivity index (χ0v) is 21.8. The summed E-state index contributed by atoms with van der Waals surface area (Å²) in [6, 6.07) is 0. The van der Waals surface area contributed by atoms with E-state index in [0.717, 1.165) is 25.7 Å². The van der Waals surface area contributed by atoms with Crippen molar-refractivity contribution in [2.75, 3.05) is 19.8 Å². The highest BCUT2D eigenvalue weighted by Crippen LogP contribution is 2.12. The van der Waals surface area contributed by atoms with Crippen LogP contribution in [0.5, 0.6) is 0 Å². The molecule has 1 unspecified atom stereocenters. The van der Waals surface area contributed by atoms with E-state index in [1.165, 1.54) is 122 Å². The summed E-state index contributed by atoms with van der Waals surface area (Å²) in [6.45, 7) is 2.87. The van der Waals surface area contributed by atoms with E-state index in [4.69, 9.17) is 20.4 Å². The maximum atomic E-state index is 9.13. The van der Waals surface area contributed by atoms with Crippen molar-refractivity contribution in [1.82, 2.24) is 0 Å². The Morgan fingerprint density at radius 3 is 0.969 bits per heavy atom. The molecule has 0 spiro atoms. The number of hydrogen-bond donors (Lipinski definition) is 4. The molecule has 0 heterocycles. The summed E-state index contributed by atoms with van der Waals surface area (Å²) in [5.41, 5.74) is 0. The first-order valence-corrected chi connectivity index (χ1v) is 14.2. The Labute approximate surface area is 201 Å². The lowest BCUT2D eigenvalue weighted by Crippen LogP contribution is -2.10. The molecule has 0 fully saturated rings. The first kappa shape index (κ1) is 34.0. The number of hydrogen-bond acceptors (Lipinski definition) is 4. The molecule has 0 aromatic heterocycles. The second-order valence-corrected chi connectivity index (χ2v) is 9.50. The third kappa shape index (κ3) is 34.5. The molecule has 0 aliphatic heterocycles. The average Bonchev–Trinajstić information content (AvgIpc) is 2.81. The van der Waals surface area contributed by atoms with E-state index in [2.05, 4.69) is 6.92 Å². The van der Waals surface area contributed by atoms with Crippen molar-refractivity contribution in [3.05, 3.63) is 0 Å². The van der Waals surface area contributed by atoms with Crippen LogP contribution in [0.1, 0.15) is 155 Å². The second kappa shape index (κ2) is 33.0. The van der Waals surface area contributed by atoms with Crippen LogP contribution in [-0.2, 0) is 0 Å². The van der Waals surface area contributed by atoms with Crippen LogP contribution in [0.15, 0.2) is 0 Å². The van der Waals surface area contributed by atoms with Gasteiger partial charge in [0.25, 0.3) is 0 Å². The Morgan fingerprint density at radius 1 is 0.406 bits per heavy atom. The van der Waals surface area contributed by atoms with E-state index in [0.29, 0.717) is 13.2 Å². The van der Waals surface area contributed by atoms with Gasteiger partial charge >= 0.3 is 0 Å². The van der Waals surface area contributed by atoms with E-state index < -0.39 is 6.10 Å². The molecule has 0 rings (SSSR count).